The lowest BCUT2D eigenvalue weighted by atomic mass is 10.1. The van der Waals surface area contributed by atoms with Gasteiger partial charge < -0.3 is 11.1 Å². The van der Waals surface area contributed by atoms with Crippen molar-refractivity contribution in [3.63, 3.8) is 0 Å². The third-order valence-electron chi connectivity index (χ3n) is 3.12. The molecule has 0 aliphatic carbocycles. The fraction of sp³-hybridized carbons (Fsp3) is 0.333. The van der Waals surface area contributed by atoms with Crippen LogP contribution in [0.4, 0.5) is 15.6 Å². The Morgan fingerprint density at radius 3 is 2.81 bits per heavy atom. The second-order valence-corrected chi connectivity index (χ2v) is 6.07. The molecule has 6 heteroatoms. The minimum atomic E-state index is -0.298. The number of carbonyl (C=O) groups is 1. The van der Waals surface area contributed by atoms with Gasteiger partial charge in [-0.2, -0.15) is 0 Å². The van der Waals surface area contributed by atoms with Gasteiger partial charge in [-0.05, 0) is 38.0 Å². The van der Waals surface area contributed by atoms with Gasteiger partial charge in [0.05, 0.1) is 5.69 Å². The van der Waals surface area contributed by atoms with E-state index >= 15 is 0 Å². The molecule has 1 heterocycles. The summed E-state index contributed by atoms with van der Waals surface area (Å²) in [6.45, 7) is 5.96. The highest BCUT2D eigenvalue weighted by atomic mass is 32.1. The Bertz CT molecular complexity index is 636. The fourth-order valence-electron chi connectivity index (χ4n) is 1.97. The normalized spacial score (nSPS) is 12.0. The van der Waals surface area contributed by atoms with Crippen molar-refractivity contribution in [3.05, 3.63) is 40.4 Å². The predicted molar refractivity (Wildman–Crippen MR) is 87.9 cm³/mol. The van der Waals surface area contributed by atoms with Crippen LogP contribution in [0.15, 0.2) is 24.3 Å². The van der Waals surface area contributed by atoms with Crippen molar-refractivity contribution in [1.82, 2.24) is 4.98 Å². The molecule has 4 N–H and O–H groups in total. The van der Waals surface area contributed by atoms with E-state index in [2.05, 4.69) is 15.6 Å². The molecule has 1 aromatic heterocycles. The number of aryl methyl sites for hydroxylation is 2. The molecule has 21 heavy (non-hydrogen) atoms. The van der Waals surface area contributed by atoms with Gasteiger partial charge in [-0.15, -0.1) is 11.3 Å². The van der Waals surface area contributed by atoms with Crippen molar-refractivity contribution in [2.24, 2.45) is 5.73 Å². The Labute approximate surface area is 128 Å². The summed E-state index contributed by atoms with van der Waals surface area (Å²) >= 11 is 1.48. The standard InChI is InChI=1S/C15H20N4OS/c1-4-13-10(3)21-15(18-13)19-14(20)17-12-7-5-6-11(8-12)9(2)16/h5-9H,4,16H2,1-3H3,(H2,17,18,19,20). The van der Waals surface area contributed by atoms with Gasteiger partial charge in [-0.1, -0.05) is 19.1 Å². The summed E-state index contributed by atoms with van der Waals surface area (Å²) in [5.74, 6) is 0. The third-order valence-corrected chi connectivity index (χ3v) is 4.05. The molecular formula is C15H20N4OS. The van der Waals surface area contributed by atoms with E-state index in [1.54, 1.807) is 0 Å². The number of carbonyl (C=O) groups excluding carboxylic acids is 1. The number of amides is 2. The zero-order valence-electron chi connectivity index (χ0n) is 12.4. The summed E-state index contributed by atoms with van der Waals surface area (Å²) in [4.78, 5) is 17.5. The van der Waals surface area contributed by atoms with E-state index in [4.69, 9.17) is 5.73 Å². The van der Waals surface area contributed by atoms with Crippen LogP contribution < -0.4 is 16.4 Å². The van der Waals surface area contributed by atoms with E-state index < -0.39 is 0 Å². The van der Waals surface area contributed by atoms with Crippen LogP contribution in [0.5, 0.6) is 0 Å². The van der Waals surface area contributed by atoms with Gasteiger partial charge in [-0.25, -0.2) is 9.78 Å². The molecule has 112 valence electrons. The highest BCUT2D eigenvalue weighted by molar-refractivity contribution is 7.15. The minimum Gasteiger partial charge on any atom is -0.324 e. The van der Waals surface area contributed by atoms with Crippen molar-refractivity contribution in [3.8, 4) is 0 Å². The van der Waals surface area contributed by atoms with Crippen LogP contribution in [0, 0.1) is 6.92 Å². The lowest BCUT2D eigenvalue weighted by Crippen LogP contribution is -2.19. The highest BCUT2D eigenvalue weighted by Crippen LogP contribution is 2.22. The molecule has 0 aliphatic heterocycles. The zero-order chi connectivity index (χ0) is 15.4. The first-order valence-corrected chi connectivity index (χ1v) is 7.71. The first kappa shape index (κ1) is 15.5. The molecule has 5 nitrogen and oxygen atoms in total. The Hall–Kier alpha value is -1.92. The number of thiazole rings is 1. The summed E-state index contributed by atoms with van der Waals surface area (Å²) in [6.07, 6.45) is 0.863. The molecule has 1 aromatic carbocycles. The second kappa shape index (κ2) is 6.69. The number of benzene rings is 1. The minimum absolute atomic E-state index is 0.0662. The molecule has 0 radical (unpaired) electrons. The number of nitrogens with one attached hydrogen (secondary N) is 2. The molecule has 0 saturated heterocycles. The van der Waals surface area contributed by atoms with Crippen LogP contribution in [0.25, 0.3) is 0 Å². The predicted octanol–water partition coefficient (Wildman–Crippen LogP) is 3.68. The van der Waals surface area contributed by atoms with Crippen LogP contribution >= 0.6 is 11.3 Å². The maximum atomic E-state index is 12.0. The smallest absolute Gasteiger partial charge is 0.324 e. The van der Waals surface area contributed by atoms with E-state index in [1.165, 1.54) is 11.3 Å². The quantitative estimate of drug-likeness (QED) is 0.806. The van der Waals surface area contributed by atoms with E-state index in [1.807, 2.05) is 45.0 Å². The lowest BCUT2D eigenvalue weighted by Gasteiger charge is -2.09. The number of rotatable bonds is 4. The van der Waals surface area contributed by atoms with Gasteiger partial charge >= 0.3 is 6.03 Å². The molecule has 0 aliphatic rings. The number of nitrogens with two attached hydrogens (primary N) is 1. The summed E-state index contributed by atoms with van der Waals surface area (Å²) in [5, 5.41) is 6.17. The highest BCUT2D eigenvalue weighted by Gasteiger charge is 2.09. The van der Waals surface area contributed by atoms with Crippen molar-refractivity contribution < 1.29 is 4.79 Å². The van der Waals surface area contributed by atoms with E-state index in [9.17, 15) is 4.79 Å². The Kier molecular flexibility index (Phi) is 4.93. The van der Waals surface area contributed by atoms with E-state index in [-0.39, 0.29) is 12.1 Å². The second-order valence-electron chi connectivity index (χ2n) is 4.87. The van der Waals surface area contributed by atoms with Crippen molar-refractivity contribution >= 4 is 28.2 Å². The number of aromatic nitrogens is 1. The Morgan fingerprint density at radius 1 is 1.43 bits per heavy atom. The van der Waals surface area contributed by atoms with E-state index in [0.29, 0.717) is 10.8 Å². The lowest BCUT2D eigenvalue weighted by molar-refractivity contribution is 0.262. The fourth-order valence-corrected chi connectivity index (χ4v) is 2.87. The monoisotopic (exact) mass is 304 g/mol. The molecular weight excluding hydrogens is 284 g/mol. The molecule has 0 fully saturated rings. The van der Waals surface area contributed by atoms with Crippen molar-refractivity contribution in [1.29, 1.82) is 0 Å². The van der Waals surface area contributed by atoms with Gasteiger partial charge in [0.1, 0.15) is 0 Å². The number of nitrogens with zero attached hydrogens (tertiary/aromatic N) is 1. The summed E-state index contributed by atoms with van der Waals surface area (Å²) in [5.41, 5.74) is 8.55. The van der Waals surface area contributed by atoms with Crippen LogP contribution in [-0.4, -0.2) is 11.0 Å². The van der Waals surface area contributed by atoms with Crippen LogP contribution in [0.3, 0.4) is 0 Å². The van der Waals surface area contributed by atoms with Gasteiger partial charge in [0.15, 0.2) is 5.13 Å². The molecule has 2 aromatic rings. The SMILES string of the molecule is CCc1nc(NC(=O)Nc2cccc(C(C)N)c2)sc1C. The van der Waals surface area contributed by atoms with Crippen molar-refractivity contribution in [2.75, 3.05) is 10.6 Å². The van der Waals surface area contributed by atoms with Gasteiger partial charge in [0.25, 0.3) is 0 Å². The van der Waals surface area contributed by atoms with Crippen LogP contribution in [0.2, 0.25) is 0 Å². The molecule has 0 saturated carbocycles. The number of urea groups is 1. The topological polar surface area (TPSA) is 80.0 Å². The number of hydrogen-bond donors (Lipinski definition) is 3. The maximum absolute atomic E-state index is 12.0. The van der Waals surface area contributed by atoms with Gasteiger partial charge in [-0.3, -0.25) is 5.32 Å². The third kappa shape index (κ3) is 4.03. The van der Waals surface area contributed by atoms with Crippen LogP contribution in [-0.2, 0) is 6.42 Å². The average Bonchev–Trinajstić information content (AvgIpc) is 2.78. The summed E-state index contributed by atoms with van der Waals surface area (Å²) in [7, 11) is 0. The average molecular weight is 304 g/mol. The summed E-state index contributed by atoms with van der Waals surface area (Å²) in [6, 6.07) is 7.14. The molecule has 0 bridgehead atoms. The molecule has 1 atom stereocenters. The molecule has 2 amide bonds. The van der Waals surface area contributed by atoms with E-state index in [0.717, 1.165) is 22.6 Å². The molecule has 1 unspecified atom stereocenters. The Morgan fingerprint density at radius 2 is 2.19 bits per heavy atom. The van der Waals surface area contributed by atoms with Gasteiger partial charge in [0, 0.05) is 16.6 Å². The first-order chi connectivity index (χ1) is 9.99. The largest absolute Gasteiger partial charge is 0.325 e. The zero-order valence-corrected chi connectivity index (χ0v) is 13.3. The first-order valence-electron chi connectivity index (χ1n) is 6.89. The maximum Gasteiger partial charge on any atom is 0.325 e. The Balaban J connectivity index is 2.02. The number of hydrogen-bond acceptors (Lipinski definition) is 4. The van der Waals surface area contributed by atoms with Gasteiger partial charge in [0.2, 0.25) is 0 Å². The number of anilines is 2. The summed E-state index contributed by atoms with van der Waals surface area (Å²) < 4.78 is 0. The molecule has 0 spiro atoms. The molecule has 2 rings (SSSR count). The van der Waals surface area contributed by atoms with Crippen molar-refractivity contribution in [2.45, 2.75) is 33.2 Å². The van der Waals surface area contributed by atoms with Crippen LogP contribution in [0.1, 0.15) is 36.0 Å².